The molecule has 2 heterocycles. The Bertz CT molecular complexity index is 675. The summed E-state index contributed by atoms with van der Waals surface area (Å²) >= 11 is 5.73. The molecule has 1 aromatic carbocycles. The molecule has 0 atom stereocenters. The summed E-state index contributed by atoms with van der Waals surface area (Å²) in [6.45, 7) is 1.76. The van der Waals surface area contributed by atoms with E-state index in [2.05, 4.69) is 21.3 Å². The van der Waals surface area contributed by atoms with E-state index in [-0.39, 0.29) is 11.9 Å². The van der Waals surface area contributed by atoms with E-state index >= 15 is 0 Å². The number of nitrogens with one attached hydrogen (secondary N) is 1. The summed E-state index contributed by atoms with van der Waals surface area (Å²) in [6, 6.07) is 9.48. The highest BCUT2D eigenvalue weighted by Gasteiger charge is 2.22. The zero-order valence-corrected chi connectivity index (χ0v) is 13.7. The van der Waals surface area contributed by atoms with Crippen molar-refractivity contribution in [3.63, 3.8) is 0 Å². The molecule has 0 bridgehead atoms. The van der Waals surface area contributed by atoms with Crippen molar-refractivity contribution in [3.8, 4) is 5.75 Å². The lowest BCUT2D eigenvalue weighted by Crippen LogP contribution is -2.39. The van der Waals surface area contributed by atoms with Gasteiger partial charge in [-0.2, -0.15) is 0 Å². The van der Waals surface area contributed by atoms with E-state index in [0.29, 0.717) is 5.02 Å². The number of piperidine rings is 1. The number of ether oxygens (including phenoxy) is 1. The van der Waals surface area contributed by atoms with Gasteiger partial charge in [0, 0.05) is 25.3 Å². The maximum absolute atomic E-state index is 13.8. The van der Waals surface area contributed by atoms with Gasteiger partial charge in [0.15, 0.2) is 11.6 Å². The molecule has 0 saturated carbocycles. The molecule has 2 aromatic rings. The Morgan fingerprint density at radius 3 is 2.74 bits per heavy atom. The maximum Gasteiger partial charge on any atom is 0.166 e. The highest BCUT2D eigenvalue weighted by Crippen LogP contribution is 2.30. The van der Waals surface area contributed by atoms with E-state index in [1.807, 2.05) is 18.2 Å². The van der Waals surface area contributed by atoms with Gasteiger partial charge in [0.05, 0.1) is 17.8 Å². The monoisotopic (exact) mass is 335 g/mol. The molecule has 0 spiro atoms. The number of benzene rings is 1. The normalized spacial score (nSPS) is 15.5. The second-order valence-electron chi connectivity index (χ2n) is 5.56. The number of aromatic nitrogens is 1. The van der Waals surface area contributed by atoms with Crippen LogP contribution < -0.4 is 15.0 Å². The Kier molecular flexibility index (Phi) is 4.86. The zero-order valence-electron chi connectivity index (χ0n) is 12.9. The average molecular weight is 336 g/mol. The van der Waals surface area contributed by atoms with Crippen molar-refractivity contribution >= 4 is 23.1 Å². The van der Waals surface area contributed by atoms with Crippen molar-refractivity contribution in [2.75, 3.05) is 30.4 Å². The second kappa shape index (κ2) is 7.04. The average Bonchev–Trinajstić information content (AvgIpc) is 2.58. The van der Waals surface area contributed by atoms with Gasteiger partial charge in [0.2, 0.25) is 0 Å². The SMILES string of the molecule is COc1ccccc1N1CCC(Nc2ncc(Cl)cc2F)CC1. The van der Waals surface area contributed by atoms with Crippen LogP contribution >= 0.6 is 11.6 Å². The van der Waals surface area contributed by atoms with Crippen LogP contribution in [0.2, 0.25) is 5.02 Å². The Labute approximate surface area is 140 Å². The second-order valence-corrected chi connectivity index (χ2v) is 6.00. The van der Waals surface area contributed by atoms with Crippen LogP contribution in [0.25, 0.3) is 0 Å². The van der Waals surface area contributed by atoms with Crippen LogP contribution in [0.15, 0.2) is 36.5 Å². The van der Waals surface area contributed by atoms with E-state index in [4.69, 9.17) is 16.3 Å². The van der Waals surface area contributed by atoms with E-state index < -0.39 is 5.82 Å². The summed E-state index contributed by atoms with van der Waals surface area (Å²) in [5.41, 5.74) is 1.10. The number of methoxy groups -OCH3 is 1. The first-order valence-electron chi connectivity index (χ1n) is 7.63. The highest BCUT2D eigenvalue weighted by molar-refractivity contribution is 6.30. The van der Waals surface area contributed by atoms with Crippen molar-refractivity contribution in [2.24, 2.45) is 0 Å². The number of nitrogens with zero attached hydrogens (tertiary/aromatic N) is 2. The molecule has 1 aliphatic heterocycles. The van der Waals surface area contributed by atoms with Gasteiger partial charge in [0.1, 0.15) is 5.75 Å². The fourth-order valence-electron chi connectivity index (χ4n) is 2.87. The predicted octanol–water partition coefficient (Wildman–Crippen LogP) is 3.96. The smallest absolute Gasteiger partial charge is 0.166 e. The van der Waals surface area contributed by atoms with Crippen LogP contribution in [0, 0.1) is 5.82 Å². The number of rotatable bonds is 4. The van der Waals surface area contributed by atoms with Gasteiger partial charge in [-0.15, -0.1) is 0 Å². The number of pyridine rings is 1. The van der Waals surface area contributed by atoms with E-state index in [1.54, 1.807) is 7.11 Å². The molecule has 1 fully saturated rings. The molecule has 122 valence electrons. The van der Waals surface area contributed by atoms with Crippen molar-refractivity contribution in [3.05, 3.63) is 47.4 Å². The molecule has 0 amide bonds. The van der Waals surface area contributed by atoms with Crippen molar-refractivity contribution in [2.45, 2.75) is 18.9 Å². The third-order valence-corrected chi connectivity index (χ3v) is 4.28. The highest BCUT2D eigenvalue weighted by atomic mass is 35.5. The molecule has 1 aromatic heterocycles. The largest absolute Gasteiger partial charge is 0.495 e. The summed E-state index contributed by atoms with van der Waals surface area (Å²) in [5.74, 6) is 0.735. The molecule has 3 rings (SSSR count). The van der Waals surface area contributed by atoms with Gasteiger partial charge >= 0.3 is 0 Å². The van der Waals surface area contributed by atoms with Gasteiger partial charge in [-0.1, -0.05) is 23.7 Å². The van der Waals surface area contributed by atoms with Crippen LogP contribution in [0.4, 0.5) is 15.9 Å². The zero-order chi connectivity index (χ0) is 16.2. The van der Waals surface area contributed by atoms with E-state index in [0.717, 1.165) is 37.4 Å². The first-order chi connectivity index (χ1) is 11.2. The number of para-hydroxylation sites is 2. The third-order valence-electron chi connectivity index (χ3n) is 4.07. The fourth-order valence-corrected chi connectivity index (χ4v) is 3.01. The molecule has 0 radical (unpaired) electrons. The minimum atomic E-state index is -0.412. The number of halogens is 2. The molecule has 1 aliphatic rings. The van der Waals surface area contributed by atoms with Crippen LogP contribution in [-0.4, -0.2) is 31.2 Å². The molecular weight excluding hydrogens is 317 g/mol. The Morgan fingerprint density at radius 2 is 2.04 bits per heavy atom. The topological polar surface area (TPSA) is 37.4 Å². The molecule has 1 N–H and O–H groups in total. The van der Waals surface area contributed by atoms with Gasteiger partial charge in [0.25, 0.3) is 0 Å². The first-order valence-corrected chi connectivity index (χ1v) is 8.00. The van der Waals surface area contributed by atoms with Crippen LogP contribution in [0.1, 0.15) is 12.8 Å². The van der Waals surface area contributed by atoms with Gasteiger partial charge in [-0.25, -0.2) is 9.37 Å². The lowest BCUT2D eigenvalue weighted by atomic mass is 10.0. The Hall–Kier alpha value is -2.01. The van der Waals surface area contributed by atoms with Crippen LogP contribution in [-0.2, 0) is 0 Å². The lowest BCUT2D eigenvalue weighted by molar-refractivity contribution is 0.411. The lowest BCUT2D eigenvalue weighted by Gasteiger charge is -2.34. The first kappa shape index (κ1) is 15.9. The minimum Gasteiger partial charge on any atom is -0.495 e. The van der Waals surface area contributed by atoms with Gasteiger partial charge in [-0.05, 0) is 31.0 Å². The fraction of sp³-hybridized carbons (Fsp3) is 0.353. The van der Waals surface area contributed by atoms with Gasteiger partial charge < -0.3 is 15.0 Å². The summed E-state index contributed by atoms with van der Waals surface area (Å²) in [4.78, 5) is 6.32. The minimum absolute atomic E-state index is 0.198. The van der Waals surface area contributed by atoms with E-state index in [1.165, 1.54) is 12.3 Å². The molecule has 6 heteroatoms. The molecule has 1 saturated heterocycles. The summed E-state index contributed by atoms with van der Waals surface area (Å²) in [6.07, 6.45) is 3.26. The van der Waals surface area contributed by atoms with E-state index in [9.17, 15) is 4.39 Å². The molecule has 0 unspecified atom stereocenters. The summed E-state index contributed by atoms with van der Waals surface area (Å²) in [7, 11) is 1.68. The van der Waals surface area contributed by atoms with Crippen molar-refractivity contribution in [1.29, 1.82) is 0 Å². The molecule has 4 nitrogen and oxygen atoms in total. The van der Waals surface area contributed by atoms with Crippen LogP contribution in [0.3, 0.4) is 0 Å². The number of hydrogen-bond donors (Lipinski definition) is 1. The summed E-state index contributed by atoms with van der Waals surface area (Å²) < 4.78 is 19.2. The van der Waals surface area contributed by atoms with Crippen LogP contribution in [0.5, 0.6) is 5.75 Å². The van der Waals surface area contributed by atoms with Crippen molar-refractivity contribution < 1.29 is 9.13 Å². The quantitative estimate of drug-likeness (QED) is 0.917. The maximum atomic E-state index is 13.8. The summed E-state index contributed by atoms with van der Waals surface area (Å²) in [5, 5.41) is 3.48. The number of anilines is 2. The number of hydrogen-bond acceptors (Lipinski definition) is 4. The Morgan fingerprint density at radius 1 is 1.30 bits per heavy atom. The molecule has 23 heavy (non-hydrogen) atoms. The third kappa shape index (κ3) is 3.67. The molecule has 0 aliphatic carbocycles. The molecular formula is C17H19ClFN3O. The predicted molar refractivity (Wildman–Crippen MR) is 91.1 cm³/mol. The van der Waals surface area contributed by atoms with Gasteiger partial charge in [-0.3, -0.25) is 0 Å². The van der Waals surface area contributed by atoms with Crippen molar-refractivity contribution in [1.82, 2.24) is 4.98 Å². The Balaban J connectivity index is 1.62. The standard InChI is InChI=1S/C17H19ClFN3O/c1-23-16-5-3-2-4-15(16)22-8-6-13(7-9-22)21-17-14(19)10-12(18)11-20-17/h2-5,10-11,13H,6-9H2,1H3,(H,20,21).